The average Bonchev–Trinajstić information content (AvgIpc) is 3.14. The predicted octanol–water partition coefficient (Wildman–Crippen LogP) is 3.91. The molecule has 0 saturated carbocycles. The highest BCUT2D eigenvalue weighted by atomic mass is 32.2. The zero-order valence-corrected chi connectivity index (χ0v) is 15.5. The SMILES string of the molecule is Cc1cc(-c2ccccc2)nc(SCC(=O)Nc2ccc3c(c2)OCO3)n1. The van der Waals surface area contributed by atoms with E-state index in [2.05, 4.69) is 15.3 Å². The quantitative estimate of drug-likeness (QED) is 0.535. The van der Waals surface area contributed by atoms with Crippen LogP contribution in [0.25, 0.3) is 11.3 Å². The van der Waals surface area contributed by atoms with Crippen LogP contribution in [0.15, 0.2) is 59.8 Å². The molecule has 27 heavy (non-hydrogen) atoms. The van der Waals surface area contributed by atoms with Gasteiger partial charge in [-0.1, -0.05) is 42.1 Å². The molecule has 136 valence electrons. The molecule has 7 heteroatoms. The fourth-order valence-corrected chi connectivity index (χ4v) is 3.37. The largest absolute Gasteiger partial charge is 0.454 e. The molecule has 1 aliphatic heterocycles. The third-order valence-corrected chi connectivity index (χ3v) is 4.74. The number of aromatic nitrogens is 2. The molecule has 2 heterocycles. The normalized spacial score (nSPS) is 12.0. The number of carbonyl (C=O) groups is 1. The van der Waals surface area contributed by atoms with Gasteiger partial charge in [-0.05, 0) is 25.1 Å². The van der Waals surface area contributed by atoms with Crippen molar-refractivity contribution in [3.05, 3.63) is 60.3 Å². The smallest absolute Gasteiger partial charge is 0.234 e. The Morgan fingerprint density at radius 2 is 1.89 bits per heavy atom. The lowest BCUT2D eigenvalue weighted by Crippen LogP contribution is -2.14. The molecule has 1 aliphatic rings. The van der Waals surface area contributed by atoms with Crippen LogP contribution < -0.4 is 14.8 Å². The van der Waals surface area contributed by atoms with Crippen molar-refractivity contribution in [1.82, 2.24) is 9.97 Å². The van der Waals surface area contributed by atoms with E-state index in [0.717, 1.165) is 17.0 Å². The molecule has 1 N–H and O–H groups in total. The summed E-state index contributed by atoms with van der Waals surface area (Å²) in [5, 5.41) is 3.43. The monoisotopic (exact) mass is 379 g/mol. The Kier molecular flexibility index (Phi) is 4.93. The number of thioether (sulfide) groups is 1. The van der Waals surface area contributed by atoms with Crippen molar-refractivity contribution in [2.75, 3.05) is 17.9 Å². The van der Waals surface area contributed by atoms with Crippen LogP contribution in [0.4, 0.5) is 5.69 Å². The number of nitrogens with zero attached hydrogens (tertiary/aromatic N) is 2. The van der Waals surface area contributed by atoms with E-state index in [1.54, 1.807) is 18.2 Å². The number of benzene rings is 2. The van der Waals surface area contributed by atoms with Gasteiger partial charge in [0.2, 0.25) is 12.7 Å². The van der Waals surface area contributed by atoms with E-state index in [0.29, 0.717) is 22.3 Å². The van der Waals surface area contributed by atoms with Gasteiger partial charge in [-0.25, -0.2) is 9.97 Å². The summed E-state index contributed by atoms with van der Waals surface area (Å²) in [6.45, 7) is 2.13. The number of fused-ring (bicyclic) bond motifs is 1. The number of ether oxygens (including phenoxy) is 2. The number of amides is 1. The molecule has 2 aromatic carbocycles. The number of hydrogen-bond acceptors (Lipinski definition) is 6. The van der Waals surface area contributed by atoms with Crippen LogP contribution in [-0.2, 0) is 4.79 Å². The summed E-state index contributed by atoms with van der Waals surface area (Å²) in [7, 11) is 0. The van der Waals surface area contributed by atoms with Crippen molar-refractivity contribution in [2.45, 2.75) is 12.1 Å². The molecule has 0 atom stereocenters. The maximum atomic E-state index is 12.3. The summed E-state index contributed by atoms with van der Waals surface area (Å²) >= 11 is 1.31. The molecule has 4 rings (SSSR count). The van der Waals surface area contributed by atoms with Crippen LogP contribution in [0.5, 0.6) is 11.5 Å². The molecule has 1 amide bonds. The first-order chi connectivity index (χ1) is 13.2. The van der Waals surface area contributed by atoms with Crippen molar-refractivity contribution in [3.8, 4) is 22.8 Å². The Morgan fingerprint density at radius 1 is 1.07 bits per heavy atom. The summed E-state index contributed by atoms with van der Waals surface area (Å²) in [5.74, 6) is 1.40. The first kappa shape index (κ1) is 17.4. The second kappa shape index (κ2) is 7.67. The van der Waals surface area contributed by atoms with Gasteiger partial charge in [-0.2, -0.15) is 0 Å². The Bertz CT molecular complexity index is 979. The van der Waals surface area contributed by atoms with E-state index in [1.807, 2.05) is 43.3 Å². The Balaban J connectivity index is 1.41. The zero-order valence-electron chi connectivity index (χ0n) is 14.6. The van der Waals surface area contributed by atoms with E-state index in [1.165, 1.54) is 11.8 Å². The van der Waals surface area contributed by atoms with Gasteiger partial charge in [0.1, 0.15) is 0 Å². The van der Waals surface area contributed by atoms with Gasteiger partial charge in [-0.15, -0.1) is 0 Å². The molecule has 0 bridgehead atoms. The third kappa shape index (κ3) is 4.20. The topological polar surface area (TPSA) is 73.3 Å². The molecule has 0 unspecified atom stereocenters. The summed E-state index contributed by atoms with van der Waals surface area (Å²) in [6, 6.07) is 17.2. The van der Waals surface area contributed by atoms with Gasteiger partial charge < -0.3 is 14.8 Å². The van der Waals surface area contributed by atoms with Crippen LogP contribution in [0, 0.1) is 6.92 Å². The van der Waals surface area contributed by atoms with Crippen LogP contribution in [-0.4, -0.2) is 28.4 Å². The van der Waals surface area contributed by atoms with Crippen molar-refractivity contribution >= 4 is 23.4 Å². The predicted molar refractivity (Wildman–Crippen MR) is 104 cm³/mol. The molecule has 6 nitrogen and oxygen atoms in total. The number of hydrogen-bond donors (Lipinski definition) is 1. The maximum Gasteiger partial charge on any atom is 0.234 e. The Labute approximate surface area is 161 Å². The van der Waals surface area contributed by atoms with E-state index in [4.69, 9.17) is 9.47 Å². The fraction of sp³-hybridized carbons (Fsp3) is 0.150. The van der Waals surface area contributed by atoms with E-state index in [9.17, 15) is 4.79 Å². The average molecular weight is 379 g/mol. The second-order valence-electron chi connectivity index (χ2n) is 5.95. The highest BCUT2D eigenvalue weighted by Gasteiger charge is 2.14. The van der Waals surface area contributed by atoms with Crippen molar-refractivity contribution in [3.63, 3.8) is 0 Å². The molecule has 0 saturated heterocycles. The number of anilines is 1. The molecule has 1 aromatic heterocycles. The van der Waals surface area contributed by atoms with Gasteiger partial charge in [-0.3, -0.25) is 4.79 Å². The molecule has 0 aliphatic carbocycles. The lowest BCUT2D eigenvalue weighted by Gasteiger charge is -2.07. The van der Waals surface area contributed by atoms with Gasteiger partial charge in [0.15, 0.2) is 16.7 Å². The van der Waals surface area contributed by atoms with Crippen LogP contribution in [0.1, 0.15) is 5.69 Å². The minimum atomic E-state index is -0.134. The minimum absolute atomic E-state index is 0.134. The lowest BCUT2D eigenvalue weighted by atomic mass is 10.1. The number of nitrogens with one attached hydrogen (secondary N) is 1. The summed E-state index contributed by atoms with van der Waals surface area (Å²) in [4.78, 5) is 21.3. The van der Waals surface area contributed by atoms with Crippen LogP contribution in [0.3, 0.4) is 0 Å². The molecule has 3 aromatic rings. The Hall–Kier alpha value is -3.06. The van der Waals surface area contributed by atoms with Crippen LogP contribution in [0.2, 0.25) is 0 Å². The van der Waals surface area contributed by atoms with E-state index < -0.39 is 0 Å². The molecular formula is C20H17N3O3S. The molecule has 0 radical (unpaired) electrons. The van der Waals surface area contributed by atoms with Crippen LogP contribution >= 0.6 is 11.8 Å². The van der Waals surface area contributed by atoms with Crippen molar-refractivity contribution in [1.29, 1.82) is 0 Å². The fourth-order valence-electron chi connectivity index (χ4n) is 2.66. The number of rotatable bonds is 5. The molecule has 0 fully saturated rings. The summed E-state index contributed by atoms with van der Waals surface area (Å²) in [5.41, 5.74) is 3.40. The van der Waals surface area contributed by atoms with Gasteiger partial charge >= 0.3 is 0 Å². The van der Waals surface area contributed by atoms with Crippen molar-refractivity contribution in [2.24, 2.45) is 0 Å². The Morgan fingerprint density at radius 3 is 2.74 bits per heavy atom. The molecular weight excluding hydrogens is 362 g/mol. The zero-order chi connectivity index (χ0) is 18.6. The summed E-state index contributed by atoms with van der Waals surface area (Å²) in [6.07, 6.45) is 0. The first-order valence-corrected chi connectivity index (χ1v) is 9.39. The first-order valence-electron chi connectivity index (χ1n) is 8.41. The standard InChI is InChI=1S/C20H17N3O3S/c1-13-9-16(14-5-3-2-4-6-14)23-20(21-13)27-11-19(24)22-15-7-8-17-18(10-15)26-12-25-17/h2-10H,11-12H2,1H3,(H,22,24). The van der Waals surface area contributed by atoms with Gasteiger partial charge in [0.25, 0.3) is 0 Å². The van der Waals surface area contributed by atoms with Gasteiger partial charge in [0.05, 0.1) is 11.4 Å². The highest BCUT2D eigenvalue weighted by molar-refractivity contribution is 7.99. The third-order valence-electron chi connectivity index (χ3n) is 3.89. The number of carbonyl (C=O) groups excluding carboxylic acids is 1. The minimum Gasteiger partial charge on any atom is -0.454 e. The second-order valence-corrected chi connectivity index (χ2v) is 6.89. The number of aryl methyl sites for hydroxylation is 1. The van der Waals surface area contributed by atoms with Crippen molar-refractivity contribution < 1.29 is 14.3 Å². The van der Waals surface area contributed by atoms with Gasteiger partial charge in [0, 0.05) is 23.0 Å². The molecule has 0 spiro atoms. The highest BCUT2D eigenvalue weighted by Crippen LogP contribution is 2.34. The summed E-state index contributed by atoms with van der Waals surface area (Å²) < 4.78 is 10.6. The van der Waals surface area contributed by atoms with E-state index in [-0.39, 0.29) is 18.5 Å². The van der Waals surface area contributed by atoms with E-state index >= 15 is 0 Å². The maximum absolute atomic E-state index is 12.3. The lowest BCUT2D eigenvalue weighted by molar-refractivity contribution is -0.113.